The van der Waals surface area contributed by atoms with Gasteiger partial charge in [0.25, 0.3) is 5.91 Å². The number of fused-ring (bicyclic) bond motifs is 1. The van der Waals surface area contributed by atoms with Gasteiger partial charge in [0, 0.05) is 24.7 Å². The van der Waals surface area contributed by atoms with Crippen LogP contribution in [0.15, 0.2) is 89.7 Å². The van der Waals surface area contributed by atoms with E-state index >= 15 is 0 Å². The van der Waals surface area contributed by atoms with Crippen molar-refractivity contribution in [2.24, 2.45) is 0 Å². The van der Waals surface area contributed by atoms with E-state index < -0.39 is 0 Å². The van der Waals surface area contributed by atoms with E-state index in [1.807, 2.05) is 94.4 Å². The van der Waals surface area contributed by atoms with E-state index in [0.29, 0.717) is 42.3 Å². The number of carbonyl (C=O) groups excluding carboxylic acids is 1. The molecule has 0 atom stereocenters. The molecule has 6 rings (SSSR count). The first-order valence-corrected chi connectivity index (χ1v) is 12.4. The Balaban J connectivity index is 1.30. The second kappa shape index (κ2) is 9.17. The van der Waals surface area contributed by atoms with Gasteiger partial charge in [0.05, 0.1) is 27.4 Å². The van der Waals surface area contributed by atoms with Crippen molar-refractivity contribution in [2.45, 2.75) is 18.9 Å². The second-order valence-electron chi connectivity index (χ2n) is 8.98. The summed E-state index contributed by atoms with van der Waals surface area (Å²) in [4.78, 5) is 31.2. The fraction of sp³-hybridized carbons (Fsp3) is 0.179. The first-order valence-electron chi connectivity index (χ1n) is 12.0. The van der Waals surface area contributed by atoms with Crippen LogP contribution in [0.2, 0.25) is 5.02 Å². The van der Waals surface area contributed by atoms with E-state index in [1.54, 1.807) is 4.68 Å². The van der Waals surface area contributed by atoms with Crippen molar-refractivity contribution in [3.8, 4) is 16.9 Å². The van der Waals surface area contributed by atoms with Gasteiger partial charge in [-0.25, -0.2) is 9.48 Å². The summed E-state index contributed by atoms with van der Waals surface area (Å²) >= 11 is 6.44. The van der Waals surface area contributed by atoms with Crippen LogP contribution in [0.1, 0.15) is 29.4 Å². The molecule has 0 radical (unpaired) electrons. The van der Waals surface area contributed by atoms with Crippen LogP contribution in [0.25, 0.3) is 28.0 Å². The molecule has 0 bridgehead atoms. The molecule has 180 valence electrons. The highest BCUT2D eigenvalue weighted by Gasteiger charge is 2.29. The van der Waals surface area contributed by atoms with Crippen LogP contribution >= 0.6 is 11.6 Å². The molecular formula is C28H24ClN5O2. The van der Waals surface area contributed by atoms with E-state index in [2.05, 4.69) is 4.98 Å². The lowest BCUT2D eigenvalue weighted by molar-refractivity contribution is 0.0685. The Bertz CT molecular complexity index is 1610. The largest absolute Gasteiger partial charge is 0.337 e. The lowest BCUT2D eigenvalue weighted by Gasteiger charge is -2.32. The lowest BCUT2D eigenvalue weighted by atomic mass is 10.0. The quantitative estimate of drug-likeness (QED) is 0.365. The molecule has 0 unspecified atom stereocenters. The summed E-state index contributed by atoms with van der Waals surface area (Å²) in [7, 11) is 0. The van der Waals surface area contributed by atoms with E-state index in [0.717, 1.165) is 22.3 Å². The van der Waals surface area contributed by atoms with Gasteiger partial charge in [-0.1, -0.05) is 60.1 Å². The average molecular weight is 498 g/mol. The summed E-state index contributed by atoms with van der Waals surface area (Å²) in [5, 5.41) is 5.35. The monoisotopic (exact) mass is 497 g/mol. The summed E-state index contributed by atoms with van der Waals surface area (Å²) < 4.78 is 3.53. The summed E-state index contributed by atoms with van der Waals surface area (Å²) in [6, 6.07) is 26.7. The zero-order valence-corrected chi connectivity index (χ0v) is 20.2. The maximum Gasteiger partial charge on any atom is 0.326 e. The van der Waals surface area contributed by atoms with Crippen LogP contribution in [0.3, 0.4) is 0 Å². The number of halogens is 1. The molecule has 0 saturated carbocycles. The number of piperidine rings is 1. The van der Waals surface area contributed by atoms with Gasteiger partial charge in [-0.05, 0) is 49.2 Å². The molecule has 8 heteroatoms. The molecule has 1 saturated heterocycles. The summed E-state index contributed by atoms with van der Waals surface area (Å²) in [6.45, 7) is 1.10. The molecule has 3 aromatic carbocycles. The standard InChI is InChI=1S/C28H24ClN5O2/c29-22-11-5-4-10-21(22)24-18-26(34(31-24)20-8-2-1-3-9-20)27(35)32-16-14-19(15-17-32)33-25-13-7-6-12-23(25)30-28(33)36/h1-13,18-19H,14-17H2,(H,30,36). The molecular weight excluding hydrogens is 474 g/mol. The molecule has 0 aliphatic carbocycles. The number of nitrogens with zero attached hydrogens (tertiary/aromatic N) is 4. The van der Waals surface area contributed by atoms with Crippen molar-refractivity contribution in [3.05, 3.63) is 106 Å². The van der Waals surface area contributed by atoms with Crippen molar-refractivity contribution < 1.29 is 4.79 Å². The fourth-order valence-electron chi connectivity index (χ4n) is 5.03. The van der Waals surface area contributed by atoms with Crippen molar-refractivity contribution in [1.29, 1.82) is 0 Å². The van der Waals surface area contributed by atoms with Crippen molar-refractivity contribution >= 4 is 28.5 Å². The third-order valence-corrected chi connectivity index (χ3v) is 7.15. The van der Waals surface area contributed by atoms with Gasteiger partial charge < -0.3 is 9.88 Å². The first-order chi connectivity index (χ1) is 17.6. The second-order valence-corrected chi connectivity index (χ2v) is 9.39. The van der Waals surface area contributed by atoms with Gasteiger partial charge in [0.1, 0.15) is 5.69 Å². The number of para-hydroxylation sites is 3. The number of hydrogen-bond donors (Lipinski definition) is 1. The molecule has 0 spiro atoms. The molecule has 1 N–H and O–H groups in total. The number of imidazole rings is 1. The number of nitrogens with one attached hydrogen (secondary N) is 1. The fourth-order valence-corrected chi connectivity index (χ4v) is 5.26. The predicted octanol–water partition coefficient (Wildman–Crippen LogP) is 5.31. The van der Waals surface area contributed by atoms with Crippen molar-refractivity contribution in [3.63, 3.8) is 0 Å². The summed E-state index contributed by atoms with van der Waals surface area (Å²) in [5.41, 5.74) is 4.35. The molecule has 5 aromatic rings. The van der Waals surface area contributed by atoms with Crippen LogP contribution in [0, 0.1) is 0 Å². The molecule has 1 amide bonds. The molecule has 36 heavy (non-hydrogen) atoms. The van der Waals surface area contributed by atoms with Crippen LogP contribution in [-0.4, -0.2) is 43.2 Å². The van der Waals surface area contributed by atoms with Crippen LogP contribution in [-0.2, 0) is 0 Å². The molecule has 1 aliphatic rings. The third-order valence-electron chi connectivity index (χ3n) is 6.82. The lowest BCUT2D eigenvalue weighted by Crippen LogP contribution is -2.41. The average Bonchev–Trinajstić information content (AvgIpc) is 3.50. The molecule has 1 aliphatic heterocycles. The highest BCUT2D eigenvalue weighted by Crippen LogP contribution is 2.30. The Labute approximate surface area is 212 Å². The Morgan fingerprint density at radius 3 is 2.39 bits per heavy atom. The highest BCUT2D eigenvalue weighted by molar-refractivity contribution is 6.33. The highest BCUT2D eigenvalue weighted by atomic mass is 35.5. The Kier molecular flexibility index (Phi) is 5.70. The minimum absolute atomic E-state index is 0.0374. The molecule has 7 nitrogen and oxygen atoms in total. The van der Waals surface area contributed by atoms with Crippen LogP contribution < -0.4 is 5.69 Å². The number of carbonyl (C=O) groups is 1. The maximum atomic E-state index is 13.8. The smallest absolute Gasteiger partial charge is 0.326 e. The number of likely N-dealkylation sites (tertiary alicyclic amines) is 1. The SMILES string of the molecule is O=C(c1cc(-c2ccccc2Cl)nn1-c1ccccc1)N1CCC(n2c(=O)[nH]c3ccccc32)CC1. The van der Waals surface area contributed by atoms with Crippen molar-refractivity contribution in [2.75, 3.05) is 13.1 Å². The number of H-pyrrole nitrogens is 1. The van der Waals surface area contributed by atoms with E-state index in [9.17, 15) is 9.59 Å². The molecule has 2 aromatic heterocycles. The normalized spacial score (nSPS) is 14.4. The van der Waals surface area contributed by atoms with Gasteiger partial charge in [0.2, 0.25) is 0 Å². The number of benzene rings is 3. The first kappa shape index (κ1) is 22.4. The molecule has 3 heterocycles. The van der Waals surface area contributed by atoms with Gasteiger partial charge in [-0.3, -0.25) is 9.36 Å². The minimum atomic E-state index is -0.104. The van der Waals surface area contributed by atoms with Gasteiger partial charge >= 0.3 is 5.69 Å². The van der Waals surface area contributed by atoms with Crippen LogP contribution in [0.5, 0.6) is 0 Å². The zero-order chi connectivity index (χ0) is 24.6. The summed E-state index contributed by atoms with van der Waals surface area (Å²) in [6.07, 6.45) is 1.40. The number of amides is 1. The van der Waals surface area contributed by atoms with Gasteiger partial charge in [-0.2, -0.15) is 5.10 Å². The summed E-state index contributed by atoms with van der Waals surface area (Å²) in [5.74, 6) is -0.0885. The topological polar surface area (TPSA) is 75.9 Å². The van der Waals surface area contributed by atoms with Crippen molar-refractivity contribution in [1.82, 2.24) is 24.2 Å². The Morgan fingerprint density at radius 2 is 1.61 bits per heavy atom. The minimum Gasteiger partial charge on any atom is -0.337 e. The Hall–Kier alpha value is -4.10. The van der Waals surface area contributed by atoms with E-state index in [1.165, 1.54) is 0 Å². The van der Waals surface area contributed by atoms with E-state index in [-0.39, 0.29) is 17.6 Å². The number of aromatic nitrogens is 4. The number of aromatic amines is 1. The number of hydrogen-bond acceptors (Lipinski definition) is 3. The van der Waals surface area contributed by atoms with E-state index in [4.69, 9.17) is 16.7 Å². The number of rotatable bonds is 4. The maximum absolute atomic E-state index is 13.8. The van der Waals surface area contributed by atoms with Gasteiger partial charge in [-0.15, -0.1) is 0 Å². The Morgan fingerprint density at radius 1 is 0.917 bits per heavy atom. The van der Waals surface area contributed by atoms with Gasteiger partial charge in [0.15, 0.2) is 0 Å². The third kappa shape index (κ3) is 3.91. The zero-order valence-electron chi connectivity index (χ0n) is 19.5. The predicted molar refractivity (Wildman–Crippen MR) is 141 cm³/mol. The molecule has 1 fully saturated rings. The van der Waals surface area contributed by atoms with Crippen LogP contribution in [0.4, 0.5) is 0 Å².